The SMILES string of the molecule is CN=C(NCCc1noc(-c2ccccn2)n1)NC1CCN(Cc2ccc(F)cc2)CC1. The van der Waals surface area contributed by atoms with Crippen molar-refractivity contribution in [1.29, 1.82) is 0 Å². The van der Waals surface area contributed by atoms with Crippen LogP contribution in [0.4, 0.5) is 4.39 Å². The Hall–Kier alpha value is -3.33. The molecule has 0 amide bonds. The lowest BCUT2D eigenvalue weighted by atomic mass is 10.0. The van der Waals surface area contributed by atoms with Gasteiger partial charge in [0.05, 0.1) is 0 Å². The van der Waals surface area contributed by atoms with Gasteiger partial charge >= 0.3 is 0 Å². The van der Waals surface area contributed by atoms with Crippen LogP contribution in [0.1, 0.15) is 24.2 Å². The maximum Gasteiger partial charge on any atom is 0.276 e. The van der Waals surface area contributed by atoms with Crippen molar-refractivity contribution in [2.45, 2.75) is 31.8 Å². The molecule has 1 saturated heterocycles. The number of nitrogens with one attached hydrogen (secondary N) is 2. The van der Waals surface area contributed by atoms with Gasteiger partial charge in [-0.3, -0.25) is 14.9 Å². The van der Waals surface area contributed by atoms with Crippen molar-refractivity contribution in [1.82, 2.24) is 30.7 Å². The topological polar surface area (TPSA) is 91.5 Å². The van der Waals surface area contributed by atoms with E-state index in [9.17, 15) is 4.39 Å². The van der Waals surface area contributed by atoms with Crippen LogP contribution in [0.25, 0.3) is 11.6 Å². The van der Waals surface area contributed by atoms with Crippen LogP contribution in [0.3, 0.4) is 0 Å². The molecule has 4 rings (SSSR count). The molecule has 2 aromatic heterocycles. The number of rotatable bonds is 7. The molecular weight excluding hydrogens is 409 g/mol. The summed E-state index contributed by atoms with van der Waals surface area (Å²) in [5, 5.41) is 10.9. The third-order valence-corrected chi connectivity index (χ3v) is 5.46. The quantitative estimate of drug-likeness (QED) is 0.434. The van der Waals surface area contributed by atoms with Crippen molar-refractivity contribution < 1.29 is 8.91 Å². The first kappa shape index (κ1) is 21.9. The first-order chi connectivity index (χ1) is 15.7. The van der Waals surface area contributed by atoms with Crippen molar-refractivity contribution in [3.8, 4) is 11.6 Å². The minimum atomic E-state index is -0.191. The van der Waals surface area contributed by atoms with Crippen LogP contribution in [0, 0.1) is 5.82 Å². The molecule has 0 spiro atoms. The molecule has 0 radical (unpaired) electrons. The zero-order valence-corrected chi connectivity index (χ0v) is 18.2. The number of benzene rings is 1. The second kappa shape index (κ2) is 10.8. The van der Waals surface area contributed by atoms with Crippen molar-refractivity contribution in [3.63, 3.8) is 0 Å². The summed E-state index contributed by atoms with van der Waals surface area (Å²) in [6.07, 6.45) is 4.37. The number of aliphatic imine (C=N–C) groups is 1. The van der Waals surface area contributed by atoms with Crippen molar-refractivity contribution in [3.05, 3.63) is 65.9 Å². The molecule has 32 heavy (non-hydrogen) atoms. The molecule has 1 aromatic carbocycles. The number of piperidine rings is 1. The smallest absolute Gasteiger partial charge is 0.276 e. The fourth-order valence-electron chi connectivity index (χ4n) is 3.71. The van der Waals surface area contributed by atoms with Gasteiger partial charge in [0.15, 0.2) is 11.8 Å². The number of hydrogen-bond donors (Lipinski definition) is 2. The van der Waals surface area contributed by atoms with Crippen molar-refractivity contribution >= 4 is 5.96 Å². The van der Waals surface area contributed by atoms with E-state index in [2.05, 4.69) is 35.7 Å². The van der Waals surface area contributed by atoms with E-state index in [-0.39, 0.29) is 5.82 Å². The van der Waals surface area contributed by atoms with Gasteiger partial charge in [0.25, 0.3) is 5.89 Å². The average molecular weight is 438 g/mol. The largest absolute Gasteiger partial charge is 0.356 e. The summed E-state index contributed by atoms with van der Waals surface area (Å²) in [6, 6.07) is 12.7. The Morgan fingerprint density at radius 1 is 1.19 bits per heavy atom. The van der Waals surface area contributed by atoms with Gasteiger partial charge in [-0.2, -0.15) is 4.98 Å². The Bertz CT molecular complexity index is 999. The number of likely N-dealkylation sites (tertiary alicyclic amines) is 1. The molecule has 0 atom stereocenters. The van der Waals surface area contributed by atoms with Crippen LogP contribution in [0.2, 0.25) is 0 Å². The number of nitrogens with zero attached hydrogens (tertiary/aromatic N) is 5. The van der Waals surface area contributed by atoms with E-state index < -0.39 is 0 Å². The van der Waals surface area contributed by atoms with Gasteiger partial charge in [0, 0.05) is 51.9 Å². The Labute approximate surface area is 187 Å². The lowest BCUT2D eigenvalue weighted by molar-refractivity contribution is 0.198. The number of pyridine rings is 1. The molecule has 0 aliphatic carbocycles. The maximum atomic E-state index is 13.1. The van der Waals surface area contributed by atoms with Gasteiger partial charge in [0.2, 0.25) is 0 Å². The van der Waals surface area contributed by atoms with E-state index in [4.69, 9.17) is 4.52 Å². The fraction of sp³-hybridized carbons (Fsp3) is 0.391. The molecule has 9 heteroatoms. The Morgan fingerprint density at radius 2 is 2.00 bits per heavy atom. The molecule has 2 N–H and O–H groups in total. The van der Waals surface area contributed by atoms with Crippen molar-refractivity contribution in [2.75, 3.05) is 26.7 Å². The minimum absolute atomic E-state index is 0.191. The van der Waals surface area contributed by atoms with E-state index in [1.165, 1.54) is 12.1 Å². The van der Waals surface area contributed by atoms with E-state index in [1.54, 1.807) is 13.2 Å². The van der Waals surface area contributed by atoms with Crippen LogP contribution in [-0.4, -0.2) is 58.7 Å². The molecule has 0 unspecified atom stereocenters. The monoisotopic (exact) mass is 437 g/mol. The highest BCUT2D eigenvalue weighted by Gasteiger charge is 2.20. The van der Waals surface area contributed by atoms with E-state index in [0.717, 1.165) is 44.0 Å². The third kappa shape index (κ3) is 6.10. The zero-order valence-electron chi connectivity index (χ0n) is 18.2. The third-order valence-electron chi connectivity index (χ3n) is 5.46. The van der Waals surface area contributed by atoms with Gasteiger partial charge in [-0.1, -0.05) is 23.4 Å². The standard InChI is InChI=1S/C23H28FN7O/c1-25-23(27-13-9-21-29-22(32-30-21)20-4-2-3-12-26-20)28-19-10-14-31(15-11-19)16-17-5-7-18(24)8-6-17/h2-8,12,19H,9-11,13-16H2,1H3,(H2,25,27,28). The summed E-state index contributed by atoms with van der Waals surface area (Å²) >= 11 is 0. The summed E-state index contributed by atoms with van der Waals surface area (Å²) in [7, 11) is 1.77. The number of guanidine groups is 1. The van der Waals surface area contributed by atoms with Gasteiger partial charge in [0.1, 0.15) is 11.5 Å². The molecule has 8 nitrogen and oxygen atoms in total. The van der Waals surface area contributed by atoms with Crippen LogP contribution >= 0.6 is 0 Å². The maximum absolute atomic E-state index is 13.1. The molecule has 168 valence electrons. The lowest BCUT2D eigenvalue weighted by Crippen LogP contribution is -2.48. The van der Waals surface area contributed by atoms with Crippen LogP contribution in [0.15, 0.2) is 58.2 Å². The van der Waals surface area contributed by atoms with Crippen LogP contribution < -0.4 is 10.6 Å². The highest BCUT2D eigenvalue weighted by Crippen LogP contribution is 2.15. The van der Waals surface area contributed by atoms with Crippen molar-refractivity contribution in [2.24, 2.45) is 4.99 Å². The van der Waals surface area contributed by atoms with Gasteiger partial charge < -0.3 is 15.2 Å². The van der Waals surface area contributed by atoms with E-state index in [1.807, 2.05) is 30.3 Å². The average Bonchev–Trinajstić information content (AvgIpc) is 3.30. The Kier molecular flexibility index (Phi) is 7.39. The van der Waals surface area contributed by atoms with E-state index >= 15 is 0 Å². The Balaban J connectivity index is 1.18. The van der Waals surface area contributed by atoms with Gasteiger partial charge in [-0.05, 0) is 42.7 Å². The summed E-state index contributed by atoms with van der Waals surface area (Å²) < 4.78 is 18.4. The fourth-order valence-corrected chi connectivity index (χ4v) is 3.71. The highest BCUT2D eigenvalue weighted by molar-refractivity contribution is 5.79. The van der Waals surface area contributed by atoms with Gasteiger partial charge in [-0.15, -0.1) is 0 Å². The summed E-state index contributed by atoms with van der Waals surface area (Å²) in [5.74, 6) is 1.64. The molecule has 0 saturated carbocycles. The number of halogens is 1. The number of aromatic nitrogens is 3. The molecule has 1 aliphatic rings. The van der Waals surface area contributed by atoms with Gasteiger partial charge in [-0.25, -0.2) is 4.39 Å². The second-order valence-corrected chi connectivity index (χ2v) is 7.80. The minimum Gasteiger partial charge on any atom is -0.356 e. The normalized spacial score (nSPS) is 15.6. The highest BCUT2D eigenvalue weighted by atomic mass is 19.1. The molecular formula is C23H28FN7O. The summed E-state index contributed by atoms with van der Waals surface area (Å²) in [6.45, 7) is 3.48. The zero-order chi connectivity index (χ0) is 22.2. The predicted octanol–water partition coefficient (Wildman–Crippen LogP) is 2.64. The van der Waals surface area contributed by atoms with Crippen LogP contribution in [0.5, 0.6) is 0 Å². The lowest BCUT2D eigenvalue weighted by Gasteiger charge is -2.33. The second-order valence-electron chi connectivity index (χ2n) is 7.80. The molecule has 0 bridgehead atoms. The molecule has 1 aliphatic heterocycles. The van der Waals surface area contributed by atoms with Crippen LogP contribution in [-0.2, 0) is 13.0 Å². The Morgan fingerprint density at radius 3 is 2.72 bits per heavy atom. The number of hydrogen-bond acceptors (Lipinski definition) is 6. The molecule has 1 fully saturated rings. The predicted molar refractivity (Wildman–Crippen MR) is 120 cm³/mol. The molecule has 3 heterocycles. The molecule has 3 aromatic rings. The first-order valence-corrected chi connectivity index (χ1v) is 10.9. The summed E-state index contributed by atoms with van der Waals surface area (Å²) in [5.41, 5.74) is 1.81. The summed E-state index contributed by atoms with van der Waals surface area (Å²) in [4.78, 5) is 15.4. The first-order valence-electron chi connectivity index (χ1n) is 10.9. The van der Waals surface area contributed by atoms with E-state index in [0.29, 0.717) is 36.4 Å².